The average Bonchev–Trinajstić information content (AvgIpc) is 2.75. The summed E-state index contributed by atoms with van der Waals surface area (Å²) >= 11 is 4.96. The summed E-state index contributed by atoms with van der Waals surface area (Å²) in [6.45, 7) is 2.18. The lowest BCUT2D eigenvalue weighted by molar-refractivity contribution is 0.314. The molecule has 1 aliphatic rings. The molecule has 0 aromatic carbocycles. The van der Waals surface area contributed by atoms with Gasteiger partial charge in [0.1, 0.15) is 10.8 Å². The molecule has 2 rings (SSSR count). The Kier molecular flexibility index (Phi) is 4.14. The third kappa shape index (κ3) is 2.97. The minimum absolute atomic E-state index is 0.350. The maximum atomic E-state index is 5.61. The van der Waals surface area contributed by atoms with E-state index in [1.807, 2.05) is 18.2 Å². The number of nitrogens with zero attached hydrogens (tertiary/aromatic N) is 3. The van der Waals surface area contributed by atoms with E-state index in [-0.39, 0.29) is 0 Å². The minimum Gasteiger partial charge on any atom is -0.388 e. The number of anilines is 1. The average molecular weight is 264 g/mol. The summed E-state index contributed by atoms with van der Waals surface area (Å²) in [7, 11) is 4.25. The molecule has 18 heavy (non-hydrogen) atoms. The number of hydrogen-bond donors (Lipinski definition) is 1. The van der Waals surface area contributed by atoms with E-state index in [4.69, 9.17) is 18.0 Å². The molecule has 1 unspecified atom stereocenters. The summed E-state index contributed by atoms with van der Waals surface area (Å²) in [6.07, 6.45) is 2.55. The first-order chi connectivity index (χ1) is 8.58. The van der Waals surface area contributed by atoms with Gasteiger partial charge in [0.2, 0.25) is 0 Å². The Morgan fingerprint density at radius 1 is 1.61 bits per heavy atom. The Balaban J connectivity index is 2.06. The molecule has 0 aliphatic carbocycles. The normalized spacial score (nSPS) is 20.0. The maximum Gasteiger partial charge on any atom is 0.129 e. The van der Waals surface area contributed by atoms with E-state index in [1.165, 1.54) is 19.4 Å². The van der Waals surface area contributed by atoms with Gasteiger partial charge in [-0.1, -0.05) is 18.3 Å². The van der Waals surface area contributed by atoms with Crippen LogP contribution in [0.2, 0.25) is 0 Å². The predicted octanol–water partition coefficient (Wildman–Crippen LogP) is 1.25. The molecular formula is C13H20N4S. The lowest BCUT2D eigenvalue weighted by atomic mass is 10.2. The molecular weight excluding hydrogens is 244 g/mol. The summed E-state index contributed by atoms with van der Waals surface area (Å²) in [5.74, 6) is 0.931. The van der Waals surface area contributed by atoms with Gasteiger partial charge in [-0.15, -0.1) is 0 Å². The van der Waals surface area contributed by atoms with Gasteiger partial charge in [-0.25, -0.2) is 4.98 Å². The van der Waals surface area contributed by atoms with Crippen molar-refractivity contribution in [3.63, 3.8) is 0 Å². The van der Waals surface area contributed by atoms with E-state index in [9.17, 15) is 0 Å². The molecule has 0 bridgehead atoms. The van der Waals surface area contributed by atoms with Crippen LogP contribution in [0, 0.1) is 0 Å². The van der Waals surface area contributed by atoms with E-state index < -0.39 is 0 Å². The van der Waals surface area contributed by atoms with Crippen LogP contribution in [-0.4, -0.2) is 48.1 Å². The minimum atomic E-state index is 0.350. The van der Waals surface area contributed by atoms with Gasteiger partial charge >= 0.3 is 0 Å². The number of likely N-dealkylation sites (tertiary alicyclic amines) is 1. The summed E-state index contributed by atoms with van der Waals surface area (Å²) < 4.78 is 0. The molecule has 1 aromatic heterocycles. The van der Waals surface area contributed by atoms with E-state index >= 15 is 0 Å². The zero-order chi connectivity index (χ0) is 13.1. The quantitative estimate of drug-likeness (QED) is 0.829. The smallest absolute Gasteiger partial charge is 0.129 e. The second-order valence-electron chi connectivity index (χ2n) is 4.90. The van der Waals surface area contributed by atoms with Gasteiger partial charge in [-0.05, 0) is 38.6 Å². The number of likely N-dealkylation sites (N-methyl/N-ethyl adjacent to an activating group) is 2. The number of nitrogens with two attached hydrogens (primary N) is 1. The SMILES string of the molecule is CN(CC1CCCN1C)c1cccc(C(N)=S)n1. The van der Waals surface area contributed by atoms with Crippen LogP contribution in [0.4, 0.5) is 5.82 Å². The number of aromatic nitrogens is 1. The molecule has 0 radical (unpaired) electrons. The maximum absolute atomic E-state index is 5.61. The summed E-state index contributed by atoms with van der Waals surface area (Å²) in [6, 6.07) is 6.41. The fourth-order valence-electron chi connectivity index (χ4n) is 2.39. The van der Waals surface area contributed by atoms with Gasteiger partial charge in [-0.2, -0.15) is 0 Å². The molecule has 0 saturated carbocycles. The monoisotopic (exact) mass is 264 g/mol. The van der Waals surface area contributed by atoms with Crippen molar-refractivity contribution in [1.82, 2.24) is 9.88 Å². The van der Waals surface area contributed by atoms with E-state index in [0.717, 1.165) is 12.4 Å². The topological polar surface area (TPSA) is 45.4 Å². The number of hydrogen-bond acceptors (Lipinski definition) is 4. The van der Waals surface area contributed by atoms with Crippen molar-refractivity contribution in [3.05, 3.63) is 23.9 Å². The van der Waals surface area contributed by atoms with Crippen LogP contribution in [0.15, 0.2) is 18.2 Å². The fourth-order valence-corrected chi connectivity index (χ4v) is 2.51. The number of pyridine rings is 1. The first-order valence-electron chi connectivity index (χ1n) is 6.26. The van der Waals surface area contributed by atoms with Gasteiger partial charge in [0, 0.05) is 19.6 Å². The van der Waals surface area contributed by atoms with Crippen molar-refractivity contribution in [2.75, 3.05) is 32.1 Å². The van der Waals surface area contributed by atoms with Crippen molar-refractivity contribution in [2.45, 2.75) is 18.9 Å². The number of thiocarbonyl (C=S) groups is 1. The highest BCUT2D eigenvalue weighted by molar-refractivity contribution is 7.80. The summed E-state index contributed by atoms with van der Waals surface area (Å²) in [5.41, 5.74) is 6.30. The second kappa shape index (κ2) is 5.63. The molecule has 98 valence electrons. The molecule has 1 atom stereocenters. The summed E-state index contributed by atoms with van der Waals surface area (Å²) in [4.78, 5) is 9.42. The summed E-state index contributed by atoms with van der Waals surface area (Å²) in [5, 5.41) is 0. The molecule has 1 saturated heterocycles. The second-order valence-corrected chi connectivity index (χ2v) is 5.34. The Hall–Kier alpha value is -1.20. The molecule has 1 aliphatic heterocycles. The van der Waals surface area contributed by atoms with E-state index in [1.54, 1.807) is 0 Å². The Morgan fingerprint density at radius 2 is 2.39 bits per heavy atom. The zero-order valence-corrected chi connectivity index (χ0v) is 11.8. The molecule has 5 heteroatoms. The number of rotatable bonds is 4. The molecule has 1 aromatic rings. The van der Waals surface area contributed by atoms with Crippen LogP contribution in [0.3, 0.4) is 0 Å². The van der Waals surface area contributed by atoms with Crippen LogP contribution < -0.4 is 10.6 Å². The van der Waals surface area contributed by atoms with Gasteiger partial charge < -0.3 is 15.5 Å². The van der Waals surface area contributed by atoms with Crippen molar-refractivity contribution < 1.29 is 0 Å². The van der Waals surface area contributed by atoms with Crippen LogP contribution in [0.1, 0.15) is 18.5 Å². The Labute approximate surface area is 114 Å². The lowest BCUT2D eigenvalue weighted by Crippen LogP contribution is -2.37. The van der Waals surface area contributed by atoms with E-state index in [0.29, 0.717) is 16.7 Å². The van der Waals surface area contributed by atoms with Crippen molar-refractivity contribution in [2.24, 2.45) is 5.73 Å². The third-order valence-electron chi connectivity index (χ3n) is 3.53. The first-order valence-corrected chi connectivity index (χ1v) is 6.67. The highest BCUT2D eigenvalue weighted by Crippen LogP contribution is 2.18. The molecule has 2 heterocycles. The third-order valence-corrected chi connectivity index (χ3v) is 3.74. The van der Waals surface area contributed by atoms with Gasteiger partial charge in [-0.3, -0.25) is 0 Å². The van der Waals surface area contributed by atoms with Crippen LogP contribution in [-0.2, 0) is 0 Å². The highest BCUT2D eigenvalue weighted by atomic mass is 32.1. The van der Waals surface area contributed by atoms with Crippen LogP contribution in [0.5, 0.6) is 0 Å². The van der Waals surface area contributed by atoms with Crippen molar-refractivity contribution >= 4 is 23.0 Å². The first kappa shape index (κ1) is 13.2. The van der Waals surface area contributed by atoms with Crippen LogP contribution in [0.25, 0.3) is 0 Å². The van der Waals surface area contributed by atoms with Crippen molar-refractivity contribution in [1.29, 1.82) is 0 Å². The molecule has 1 fully saturated rings. The van der Waals surface area contributed by atoms with Gasteiger partial charge in [0.25, 0.3) is 0 Å². The molecule has 0 spiro atoms. The fraction of sp³-hybridized carbons (Fsp3) is 0.538. The molecule has 4 nitrogen and oxygen atoms in total. The Bertz CT molecular complexity index is 435. The van der Waals surface area contributed by atoms with Crippen molar-refractivity contribution in [3.8, 4) is 0 Å². The van der Waals surface area contributed by atoms with Gasteiger partial charge in [0.05, 0.1) is 5.69 Å². The molecule has 0 amide bonds. The zero-order valence-electron chi connectivity index (χ0n) is 11.0. The lowest BCUT2D eigenvalue weighted by Gasteiger charge is -2.26. The van der Waals surface area contributed by atoms with Crippen LogP contribution >= 0.6 is 12.2 Å². The Morgan fingerprint density at radius 3 is 3.00 bits per heavy atom. The standard InChI is InChI=1S/C13H20N4S/c1-16-8-4-5-10(16)9-17(2)12-7-3-6-11(15-12)13(14)18/h3,6-7,10H,4-5,8-9H2,1-2H3,(H2,14,18). The highest BCUT2D eigenvalue weighted by Gasteiger charge is 2.22. The van der Waals surface area contributed by atoms with Gasteiger partial charge in [0.15, 0.2) is 0 Å². The predicted molar refractivity (Wildman–Crippen MR) is 79.0 cm³/mol. The van der Waals surface area contributed by atoms with E-state index in [2.05, 4.69) is 28.9 Å². The largest absolute Gasteiger partial charge is 0.388 e. The molecule has 2 N–H and O–H groups in total.